The number of rotatable bonds is 6. The molecule has 2 aromatic carbocycles. The van der Waals surface area contributed by atoms with Crippen LogP contribution in [-0.4, -0.2) is 42.9 Å². The zero-order valence-corrected chi connectivity index (χ0v) is 19.1. The van der Waals surface area contributed by atoms with Gasteiger partial charge in [0.2, 0.25) is 0 Å². The largest absolute Gasteiger partial charge is 0.481 e. The molecule has 5 nitrogen and oxygen atoms in total. The first-order valence-corrected chi connectivity index (χ1v) is 12.4. The third-order valence-electron chi connectivity index (χ3n) is 6.52. The predicted molar refractivity (Wildman–Crippen MR) is 122 cm³/mol. The van der Waals surface area contributed by atoms with Crippen LogP contribution in [0.4, 0.5) is 13.2 Å². The molecule has 0 radical (unpaired) electrons. The molecule has 0 aromatic heterocycles. The van der Waals surface area contributed by atoms with Gasteiger partial charge in [-0.1, -0.05) is 30.4 Å². The Kier molecular flexibility index (Phi) is 6.44. The molecule has 2 unspecified atom stereocenters. The van der Waals surface area contributed by atoms with Gasteiger partial charge in [-0.05, 0) is 65.8 Å². The number of carboxylic acid groups (broad SMARTS) is 1. The zero-order chi connectivity index (χ0) is 24.7. The van der Waals surface area contributed by atoms with E-state index in [0.717, 1.165) is 23.3 Å². The summed E-state index contributed by atoms with van der Waals surface area (Å²) in [6.07, 6.45) is 0.291. The maximum atomic E-state index is 13.4. The lowest BCUT2D eigenvalue weighted by molar-refractivity contribution is -0.139. The second-order valence-electron chi connectivity index (χ2n) is 8.51. The summed E-state index contributed by atoms with van der Waals surface area (Å²) in [5.41, 5.74) is 2.20. The summed E-state index contributed by atoms with van der Waals surface area (Å²) >= 11 is 0. The number of halogens is 3. The highest BCUT2D eigenvalue weighted by atomic mass is 32.2. The molecule has 180 valence electrons. The Morgan fingerprint density at radius 2 is 1.85 bits per heavy atom. The summed E-state index contributed by atoms with van der Waals surface area (Å²) in [6.45, 7) is 4.38. The van der Waals surface area contributed by atoms with Gasteiger partial charge < -0.3 is 5.11 Å². The number of hydrogen-bond acceptors (Lipinski definition) is 4. The maximum Gasteiger partial charge on any atom is 0.416 e. The number of aryl methyl sites for hydroxylation is 1. The van der Waals surface area contributed by atoms with Gasteiger partial charge in [-0.3, -0.25) is 9.69 Å². The number of fused-ring (bicyclic) bond motifs is 1. The van der Waals surface area contributed by atoms with E-state index in [1.165, 1.54) is 30.3 Å². The number of alkyl halides is 3. The zero-order valence-electron chi connectivity index (χ0n) is 18.3. The fraction of sp³-hybridized carbons (Fsp3) is 0.320. The molecule has 34 heavy (non-hydrogen) atoms. The number of nitrogens with zero attached hydrogens (tertiary/aromatic N) is 1. The van der Waals surface area contributed by atoms with Crippen molar-refractivity contribution in [1.82, 2.24) is 4.90 Å². The highest BCUT2D eigenvalue weighted by Crippen LogP contribution is 2.36. The van der Waals surface area contributed by atoms with Crippen molar-refractivity contribution in [3.63, 3.8) is 0 Å². The molecule has 0 saturated heterocycles. The molecule has 1 N–H and O–H groups in total. The van der Waals surface area contributed by atoms with Crippen LogP contribution in [0.1, 0.15) is 41.0 Å². The van der Waals surface area contributed by atoms with Crippen molar-refractivity contribution in [3.05, 3.63) is 83.4 Å². The molecule has 1 aliphatic carbocycles. The van der Waals surface area contributed by atoms with Crippen LogP contribution >= 0.6 is 0 Å². The summed E-state index contributed by atoms with van der Waals surface area (Å²) in [5, 5.41) is 8.44. The van der Waals surface area contributed by atoms with Crippen LogP contribution in [0.3, 0.4) is 0 Å². The molecule has 1 heterocycles. The minimum absolute atomic E-state index is 0.0572. The first-order valence-electron chi connectivity index (χ1n) is 10.8. The molecule has 0 fully saturated rings. The quantitative estimate of drug-likeness (QED) is 0.582. The number of hydrogen-bond donors (Lipinski definition) is 1. The van der Waals surface area contributed by atoms with E-state index in [-0.39, 0.29) is 11.4 Å². The van der Waals surface area contributed by atoms with E-state index in [2.05, 4.69) is 6.58 Å². The Labute approximate surface area is 196 Å². The van der Waals surface area contributed by atoms with Gasteiger partial charge in [0, 0.05) is 13.1 Å². The molecular formula is C25H24F3NO4S. The Balaban J connectivity index is 1.54. The predicted octanol–water partition coefficient (Wildman–Crippen LogP) is 4.89. The highest BCUT2D eigenvalue weighted by molar-refractivity contribution is 7.92. The van der Waals surface area contributed by atoms with Crippen LogP contribution in [-0.2, 0) is 27.2 Å². The Hall–Kier alpha value is -2.91. The van der Waals surface area contributed by atoms with Crippen LogP contribution < -0.4 is 0 Å². The van der Waals surface area contributed by atoms with E-state index in [9.17, 15) is 31.5 Å². The van der Waals surface area contributed by atoms with Gasteiger partial charge in [0.15, 0.2) is 9.84 Å². The number of carbonyl (C=O) groups is 1. The number of carboxylic acids is 1. The molecule has 2 aliphatic rings. The fourth-order valence-corrected chi connectivity index (χ4v) is 6.34. The minimum Gasteiger partial charge on any atom is -0.481 e. The van der Waals surface area contributed by atoms with Crippen LogP contribution in [0.15, 0.2) is 66.1 Å². The maximum absolute atomic E-state index is 13.4. The van der Waals surface area contributed by atoms with E-state index in [1.54, 1.807) is 11.0 Å². The normalized spacial score (nSPS) is 19.9. The summed E-state index contributed by atoms with van der Waals surface area (Å²) in [6, 6.07) is 9.60. The number of sulfone groups is 1. The first-order chi connectivity index (χ1) is 16.0. The SMILES string of the molecule is C=CC(N1CC=C(c2ccc(C(F)(F)F)cc2)CC1)S(=O)(=O)c1ccc2c(c1)C(C(=O)O)CC2. The van der Waals surface area contributed by atoms with Gasteiger partial charge in [0.1, 0.15) is 5.37 Å². The van der Waals surface area contributed by atoms with E-state index in [4.69, 9.17) is 0 Å². The van der Waals surface area contributed by atoms with Crippen molar-refractivity contribution >= 4 is 21.4 Å². The Bertz CT molecular complexity index is 1250. The standard InChI is InChI=1S/C25H24F3NO4S/c1-2-23(34(32,33)20-9-5-18-6-10-21(24(30)31)22(18)15-20)29-13-11-17(12-14-29)16-3-7-19(8-4-16)25(26,27)28/h2-5,7-9,11,15,21,23H,1,6,10,12-14H2,(H,30,31). The van der Waals surface area contributed by atoms with Crippen LogP contribution in [0.5, 0.6) is 0 Å². The minimum atomic E-state index is -4.40. The Morgan fingerprint density at radius 1 is 1.15 bits per heavy atom. The van der Waals surface area contributed by atoms with Gasteiger partial charge in [-0.15, -0.1) is 6.58 Å². The van der Waals surface area contributed by atoms with Crippen LogP contribution in [0, 0.1) is 0 Å². The van der Waals surface area contributed by atoms with Crippen molar-refractivity contribution in [1.29, 1.82) is 0 Å². The average Bonchev–Trinajstić information content (AvgIpc) is 3.23. The van der Waals surface area contributed by atoms with E-state index < -0.39 is 38.8 Å². The number of benzene rings is 2. The summed E-state index contributed by atoms with van der Waals surface area (Å²) in [4.78, 5) is 13.3. The van der Waals surface area contributed by atoms with Crippen molar-refractivity contribution in [2.24, 2.45) is 0 Å². The van der Waals surface area contributed by atoms with Gasteiger partial charge in [0.05, 0.1) is 16.4 Å². The average molecular weight is 492 g/mol. The van der Waals surface area contributed by atoms with Crippen molar-refractivity contribution < 1.29 is 31.5 Å². The van der Waals surface area contributed by atoms with Crippen molar-refractivity contribution in [2.45, 2.75) is 41.6 Å². The van der Waals surface area contributed by atoms with Gasteiger partial charge >= 0.3 is 12.1 Å². The van der Waals surface area contributed by atoms with Gasteiger partial charge in [0.25, 0.3) is 0 Å². The third-order valence-corrected chi connectivity index (χ3v) is 8.56. The molecule has 0 bridgehead atoms. The molecule has 0 amide bonds. The lowest BCUT2D eigenvalue weighted by atomic mass is 9.98. The molecule has 2 atom stereocenters. The van der Waals surface area contributed by atoms with E-state index in [1.807, 2.05) is 6.08 Å². The highest BCUT2D eigenvalue weighted by Gasteiger charge is 2.35. The fourth-order valence-electron chi connectivity index (χ4n) is 4.68. The molecule has 0 saturated carbocycles. The monoisotopic (exact) mass is 491 g/mol. The molecule has 4 rings (SSSR count). The van der Waals surface area contributed by atoms with Crippen molar-refractivity contribution in [2.75, 3.05) is 13.1 Å². The molecule has 2 aromatic rings. The van der Waals surface area contributed by atoms with Gasteiger partial charge in [-0.2, -0.15) is 13.2 Å². The lowest BCUT2D eigenvalue weighted by Gasteiger charge is -2.32. The summed E-state index contributed by atoms with van der Waals surface area (Å²) in [7, 11) is -3.86. The van der Waals surface area contributed by atoms with Crippen LogP contribution in [0.2, 0.25) is 0 Å². The molecule has 1 aliphatic heterocycles. The summed E-state index contributed by atoms with van der Waals surface area (Å²) < 4.78 is 65.3. The topological polar surface area (TPSA) is 74.7 Å². The second-order valence-corrected chi connectivity index (χ2v) is 10.6. The number of aliphatic carboxylic acids is 1. The molecule has 0 spiro atoms. The molecular weight excluding hydrogens is 467 g/mol. The second kappa shape index (κ2) is 9.03. The summed E-state index contributed by atoms with van der Waals surface area (Å²) in [5.74, 6) is -1.68. The third kappa shape index (κ3) is 4.54. The first kappa shape index (κ1) is 24.2. The van der Waals surface area contributed by atoms with E-state index in [0.29, 0.717) is 36.9 Å². The van der Waals surface area contributed by atoms with Crippen molar-refractivity contribution in [3.8, 4) is 0 Å². The molecule has 9 heteroatoms. The van der Waals surface area contributed by atoms with Crippen LogP contribution in [0.25, 0.3) is 5.57 Å². The lowest BCUT2D eigenvalue weighted by Crippen LogP contribution is -2.42. The van der Waals surface area contributed by atoms with E-state index >= 15 is 0 Å². The Morgan fingerprint density at radius 3 is 2.41 bits per heavy atom. The smallest absolute Gasteiger partial charge is 0.416 e. The van der Waals surface area contributed by atoms with Gasteiger partial charge in [-0.25, -0.2) is 8.42 Å².